The zero-order valence-corrected chi connectivity index (χ0v) is 23.4. The number of anilines is 1. The highest BCUT2D eigenvalue weighted by Gasteiger charge is 2.33. The Balaban J connectivity index is 1.58. The van der Waals surface area contributed by atoms with Gasteiger partial charge in [-0.1, -0.05) is 31.4 Å². The molecule has 0 radical (unpaired) electrons. The molecular formula is C26H27F4N3O3S3. The predicted molar refractivity (Wildman–Crippen MR) is 145 cm³/mol. The molecule has 0 aliphatic heterocycles. The van der Waals surface area contributed by atoms with Gasteiger partial charge in [0.25, 0.3) is 0 Å². The molecule has 1 amide bonds. The number of carbonyl (C=O) groups is 1. The van der Waals surface area contributed by atoms with Gasteiger partial charge in [0.1, 0.15) is 16.5 Å². The quantitative estimate of drug-likeness (QED) is 0.272. The van der Waals surface area contributed by atoms with Crippen molar-refractivity contribution in [2.75, 3.05) is 11.0 Å². The Morgan fingerprint density at radius 1 is 1.13 bits per heavy atom. The molecule has 0 saturated heterocycles. The number of carbonyl (C=O) groups excluding carboxylic acids is 1. The molecule has 2 heterocycles. The van der Waals surface area contributed by atoms with Gasteiger partial charge in [-0.15, -0.1) is 11.8 Å². The van der Waals surface area contributed by atoms with Crippen LogP contribution in [0.25, 0.3) is 0 Å². The third-order valence-electron chi connectivity index (χ3n) is 6.27. The molecule has 1 unspecified atom stereocenters. The van der Waals surface area contributed by atoms with Crippen molar-refractivity contribution in [1.82, 2.24) is 10.3 Å². The monoisotopic (exact) mass is 601 g/mol. The van der Waals surface area contributed by atoms with E-state index in [4.69, 9.17) is 0 Å². The number of thiophene rings is 1. The van der Waals surface area contributed by atoms with E-state index < -0.39 is 39.5 Å². The standard InChI is InChI=1S/C26H27F4N3O3S3/c1-39(35,36)33-21-9-7-16(13-20(21)27)23(18-11-12-37-15-18)24(34)31-14-17-8-10-22(26(28,29)30)32-25(17)38-19-5-3-2-4-6-19/h7-13,15,19,23,33H,2-6,14H2,1H3,(H,31,34). The molecule has 1 fully saturated rings. The minimum absolute atomic E-state index is 0.0597. The van der Waals surface area contributed by atoms with Gasteiger partial charge >= 0.3 is 6.18 Å². The van der Waals surface area contributed by atoms with Gasteiger partial charge in [-0.05, 0) is 59.0 Å². The number of hydrogen-bond donors (Lipinski definition) is 2. The second-order valence-corrected chi connectivity index (χ2v) is 13.2. The van der Waals surface area contributed by atoms with E-state index in [2.05, 4.69) is 15.0 Å². The normalized spacial score (nSPS) is 15.6. The van der Waals surface area contributed by atoms with E-state index in [1.54, 1.807) is 16.8 Å². The van der Waals surface area contributed by atoms with Crippen molar-refractivity contribution >= 4 is 44.7 Å². The highest BCUT2D eigenvalue weighted by molar-refractivity contribution is 7.99. The SMILES string of the molecule is CS(=O)(=O)Nc1ccc(C(C(=O)NCc2ccc(C(F)(F)F)nc2SC2CCCCC2)c2ccsc2)cc1F. The Bertz CT molecular complexity index is 1410. The van der Waals surface area contributed by atoms with E-state index in [0.717, 1.165) is 50.5 Å². The molecule has 3 aromatic rings. The number of rotatable bonds is 9. The average Bonchev–Trinajstić information content (AvgIpc) is 3.38. The van der Waals surface area contributed by atoms with Crippen molar-refractivity contribution in [2.24, 2.45) is 0 Å². The van der Waals surface area contributed by atoms with Gasteiger partial charge in [-0.2, -0.15) is 24.5 Å². The van der Waals surface area contributed by atoms with E-state index in [-0.39, 0.29) is 22.5 Å². The van der Waals surface area contributed by atoms with Crippen molar-refractivity contribution in [2.45, 2.75) is 61.0 Å². The number of nitrogens with one attached hydrogen (secondary N) is 2. The van der Waals surface area contributed by atoms with E-state index in [0.29, 0.717) is 16.7 Å². The number of pyridine rings is 1. The summed E-state index contributed by atoms with van der Waals surface area (Å²) in [6.45, 7) is -0.0597. The molecule has 2 N–H and O–H groups in total. The number of alkyl halides is 3. The molecule has 39 heavy (non-hydrogen) atoms. The summed E-state index contributed by atoms with van der Waals surface area (Å²) in [4.78, 5) is 17.3. The molecule has 6 nitrogen and oxygen atoms in total. The van der Waals surface area contributed by atoms with Gasteiger partial charge in [0.15, 0.2) is 0 Å². The fourth-order valence-electron chi connectivity index (χ4n) is 4.42. The first-order valence-electron chi connectivity index (χ1n) is 12.2. The average molecular weight is 602 g/mol. The maximum absolute atomic E-state index is 14.7. The van der Waals surface area contributed by atoms with Gasteiger partial charge in [-0.3, -0.25) is 9.52 Å². The van der Waals surface area contributed by atoms with Crippen LogP contribution >= 0.6 is 23.1 Å². The maximum Gasteiger partial charge on any atom is 0.433 e. The summed E-state index contributed by atoms with van der Waals surface area (Å²) in [6.07, 6.45) is 1.23. The highest BCUT2D eigenvalue weighted by atomic mass is 32.2. The lowest BCUT2D eigenvalue weighted by atomic mass is 9.92. The Labute approximate surface area is 232 Å². The Kier molecular flexibility index (Phi) is 9.22. The zero-order chi connectivity index (χ0) is 28.2. The van der Waals surface area contributed by atoms with Gasteiger partial charge < -0.3 is 5.32 Å². The van der Waals surface area contributed by atoms with E-state index in [9.17, 15) is 30.8 Å². The molecular weight excluding hydrogens is 574 g/mol. The lowest BCUT2D eigenvalue weighted by Crippen LogP contribution is -2.30. The topological polar surface area (TPSA) is 88.2 Å². The van der Waals surface area contributed by atoms with Crippen LogP contribution in [0.5, 0.6) is 0 Å². The van der Waals surface area contributed by atoms with Crippen LogP contribution in [-0.4, -0.2) is 30.8 Å². The first-order valence-corrected chi connectivity index (χ1v) is 15.9. The number of benzene rings is 1. The second kappa shape index (κ2) is 12.3. The molecule has 1 atom stereocenters. The third-order valence-corrected chi connectivity index (χ3v) is 8.95. The predicted octanol–water partition coefficient (Wildman–Crippen LogP) is 6.55. The number of hydrogen-bond acceptors (Lipinski definition) is 6. The van der Waals surface area contributed by atoms with Crippen molar-refractivity contribution in [3.8, 4) is 0 Å². The van der Waals surface area contributed by atoms with Crippen LogP contribution in [0.2, 0.25) is 0 Å². The summed E-state index contributed by atoms with van der Waals surface area (Å²) in [5.74, 6) is -2.25. The van der Waals surface area contributed by atoms with E-state index >= 15 is 0 Å². The van der Waals surface area contributed by atoms with E-state index in [1.165, 1.54) is 41.3 Å². The first-order chi connectivity index (χ1) is 18.4. The number of amides is 1. The lowest BCUT2D eigenvalue weighted by Gasteiger charge is -2.23. The molecule has 1 aliphatic carbocycles. The largest absolute Gasteiger partial charge is 0.433 e. The molecule has 2 aromatic heterocycles. The summed E-state index contributed by atoms with van der Waals surface area (Å²) < 4.78 is 80.0. The summed E-state index contributed by atoms with van der Waals surface area (Å²) in [5, 5.41) is 6.70. The van der Waals surface area contributed by atoms with Crippen molar-refractivity contribution in [3.05, 3.63) is 75.4 Å². The Morgan fingerprint density at radius 3 is 2.49 bits per heavy atom. The number of nitrogens with zero attached hydrogens (tertiary/aromatic N) is 1. The van der Waals surface area contributed by atoms with Crippen LogP contribution < -0.4 is 10.0 Å². The zero-order valence-electron chi connectivity index (χ0n) is 20.9. The summed E-state index contributed by atoms with van der Waals surface area (Å²) >= 11 is 2.67. The number of sulfonamides is 1. The van der Waals surface area contributed by atoms with Crippen molar-refractivity contribution < 1.29 is 30.8 Å². The molecule has 1 aliphatic rings. The smallest absolute Gasteiger partial charge is 0.351 e. The molecule has 13 heteroatoms. The van der Waals surface area contributed by atoms with Crippen LogP contribution in [-0.2, 0) is 27.5 Å². The van der Waals surface area contributed by atoms with Gasteiger partial charge in [0.05, 0.1) is 17.9 Å². The summed E-state index contributed by atoms with van der Waals surface area (Å²) in [5.41, 5.74) is 0.138. The molecule has 4 rings (SSSR count). The lowest BCUT2D eigenvalue weighted by molar-refractivity contribution is -0.141. The van der Waals surface area contributed by atoms with Crippen LogP contribution in [0.4, 0.5) is 23.2 Å². The number of halogens is 4. The number of thioether (sulfide) groups is 1. The fraction of sp³-hybridized carbons (Fsp3) is 0.385. The minimum atomic E-state index is -4.59. The van der Waals surface area contributed by atoms with Crippen LogP contribution in [0.1, 0.15) is 60.4 Å². The van der Waals surface area contributed by atoms with E-state index in [1.807, 2.05) is 0 Å². The second-order valence-electron chi connectivity index (χ2n) is 9.36. The van der Waals surface area contributed by atoms with Crippen molar-refractivity contribution in [3.63, 3.8) is 0 Å². The summed E-state index contributed by atoms with van der Waals surface area (Å²) in [6, 6.07) is 7.77. The minimum Gasteiger partial charge on any atom is -0.351 e. The molecule has 1 aromatic carbocycles. The van der Waals surface area contributed by atoms with Crippen LogP contribution in [0, 0.1) is 5.82 Å². The molecule has 0 bridgehead atoms. The maximum atomic E-state index is 14.7. The first kappa shape index (κ1) is 29.3. The molecule has 210 valence electrons. The Hall–Kier alpha value is -2.64. The van der Waals surface area contributed by atoms with Crippen molar-refractivity contribution in [1.29, 1.82) is 0 Å². The number of aromatic nitrogens is 1. The highest BCUT2D eigenvalue weighted by Crippen LogP contribution is 2.37. The van der Waals surface area contributed by atoms with Crippen LogP contribution in [0.3, 0.4) is 0 Å². The van der Waals surface area contributed by atoms with Gasteiger partial charge in [0.2, 0.25) is 15.9 Å². The molecule has 1 saturated carbocycles. The van der Waals surface area contributed by atoms with Crippen LogP contribution in [0.15, 0.2) is 52.2 Å². The summed E-state index contributed by atoms with van der Waals surface area (Å²) in [7, 11) is -3.70. The third kappa shape index (κ3) is 7.95. The Morgan fingerprint density at radius 2 is 1.87 bits per heavy atom. The fourth-order valence-corrected chi connectivity index (χ4v) is 7.00. The van der Waals surface area contributed by atoms with Gasteiger partial charge in [-0.25, -0.2) is 17.8 Å². The van der Waals surface area contributed by atoms with Gasteiger partial charge in [0, 0.05) is 17.4 Å². The molecule has 0 spiro atoms.